The van der Waals surface area contributed by atoms with Crippen molar-refractivity contribution in [2.24, 2.45) is 5.73 Å². The Morgan fingerprint density at radius 1 is 1.20 bits per heavy atom. The van der Waals surface area contributed by atoms with Crippen molar-refractivity contribution in [3.8, 4) is 0 Å². The van der Waals surface area contributed by atoms with E-state index in [9.17, 15) is 5.11 Å². The van der Waals surface area contributed by atoms with E-state index in [4.69, 9.17) is 5.73 Å². The highest BCUT2D eigenvalue weighted by molar-refractivity contribution is 4.88. The molecule has 0 aromatic carbocycles. The van der Waals surface area contributed by atoms with Crippen LogP contribution in [0.2, 0.25) is 0 Å². The quantitative estimate of drug-likeness (QED) is 0.490. The van der Waals surface area contributed by atoms with Crippen molar-refractivity contribution in [1.29, 1.82) is 0 Å². The Hall–Kier alpha value is -0.340. The monoisotopic (exact) mass is 141 g/mol. The number of nitrogens with two attached hydrogens (primary N) is 1. The van der Waals surface area contributed by atoms with Crippen molar-refractivity contribution in [3.63, 3.8) is 0 Å². The van der Waals surface area contributed by atoms with Gasteiger partial charge in [-0.2, -0.15) is 0 Å². The standard InChI is InChI=1S/C8H15NO/c9-7-5-3-1-2-4-6-8(7)10/h1-2,7-8,10H,3-6,9H2/t7-,8+/m0/s1. The van der Waals surface area contributed by atoms with Gasteiger partial charge in [-0.25, -0.2) is 0 Å². The molecule has 0 saturated heterocycles. The molecule has 1 aliphatic carbocycles. The summed E-state index contributed by atoms with van der Waals surface area (Å²) in [5.74, 6) is 0. The minimum Gasteiger partial charge on any atom is -0.392 e. The van der Waals surface area contributed by atoms with Crippen molar-refractivity contribution in [2.75, 3.05) is 0 Å². The maximum absolute atomic E-state index is 9.32. The fourth-order valence-corrected chi connectivity index (χ4v) is 1.20. The number of allylic oxidation sites excluding steroid dienone is 2. The van der Waals surface area contributed by atoms with Crippen molar-refractivity contribution >= 4 is 0 Å². The molecule has 2 nitrogen and oxygen atoms in total. The van der Waals surface area contributed by atoms with Crippen molar-refractivity contribution < 1.29 is 5.11 Å². The van der Waals surface area contributed by atoms with Crippen LogP contribution >= 0.6 is 0 Å². The van der Waals surface area contributed by atoms with E-state index in [-0.39, 0.29) is 12.1 Å². The van der Waals surface area contributed by atoms with Gasteiger partial charge in [0, 0.05) is 6.04 Å². The lowest BCUT2D eigenvalue weighted by atomic mass is 9.99. The van der Waals surface area contributed by atoms with E-state index in [2.05, 4.69) is 12.2 Å². The SMILES string of the molecule is N[C@H]1CCC=CCC[C@H]1O. The van der Waals surface area contributed by atoms with E-state index >= 15 is 0 Å². The Labute approximate surface area is 61.7 Å². The highest BCUT2D eigenvalue weighted by Gasteiger charge is 2.13. The molecule has 3 N–H and O–H groups in total. The van der Waals surface area contributed by atoms with Gasteiger partial charge in [0.2, 0.25) is 0 Å². The molecule has 0 saturated carbocycles. The Morgan fingerprint density at radius 3 is 2.50 bits per heavy atom. The predicted octanol–water partition coefficient (Wildman–Crippen LogP) is 0.805. The molecule has 0 bridgehead atoms. The molecule has 1 aliphatic rings. The summed E-state index contributed by atoms with van der Waals surface area (Å²) < 4.78 is 0. The maximum Gasteiger partial charge on any atom is 0.0694 e. The summed E-state index contributed by atoms with van der Waals surface area (Å²) in [5.41, 5.74) is 5.66. The Morgan fingerprint density at radius 2 is 1.80 bits per heavy atom. The summed E-state index contributed by atoms with van der Waals surface area (Å²) in [7, 11) is 0. The maximum atomic E-state index is 9.32. The summed E-state index contributed by atoms with van der Waals surface area (Å²) >= 11 is 0. The zero-order valence-electron chi connectivity index (χ0n) is 6.16. The van der Waals surface area contributed by atoms with Gasteiger partial charge in [0.05, 0.1) is 6.10 Å². The summed E-state index contributed by atoms with van der Waals surface area (Å²) in [4.78, 5) is 0. The Balaban J connectivity index is 2.40. The number of aliphatic hydroxyl groups excluding tert-OH is 1. The average molecular weight is 141 g/mol. The second-order valence-corrected chi connectivity index (χ2v) is 2.86. The second-order valence-electron chi connectivity index (χ2n) is 2.86. The van der Waals surface area contributed by atoms with Gasteiger partial charge in [-0.15, -0.1) is 0 Å². The Bertz CT molecular complexity index is 108. The van der Waals surface area contributed by atoms with Crippen molar-refractivity contribution in [2.45, 2.75) is 37.8 Å². The van der Waals surface area contributed by atoms with E-state index < -0.39 is 0 Å². The first-order chi connectivity index (χ1) is 4.80. The largest absolute Gasteiger partial charge is 0.392 e. The lowest BCUT2D eigenvalue weighted by Gasteiger charge is -2.18. The normalized spacial score (nSPS) is 35.0. The minimum absolute atomic E-state index is 0.00931. The molecule has 0 fully saturated rings. The number of aliphatic hydroxyl groups is 1. The second kappa shape index (κ2) is 3.74. The number of hydrogen-bond acceptors (Lipinski definition) is 2. The summed E-state index contributed by atoms with van der Waals surface area (Å²) in [6.07, 6.45) is 7.69. The van der Waals surface area contributed by atoms with Crippen molar-refractivity contribution in [1.82, 2.24) is 0 Å². The van der Waals surface area contributed by atoms with Crippen LogP contribution in [0.4, 0.5) is 0 Å². The van der Waals surface area contributed by atoms with E-state index in [1.54, 1.807) is 0 Å². The minimum atomic E-state index is -0.287. The van der Waals surface area contributed by atoms with Gasteiger partial charge >= 0.3 is 0 Å². The van der Waals surface area contributed by atoms with E-state index in [1.165, 1.54) is 0 Å². The van der Waals surface area contributed by atoms with Crippen LogP contribution in [0.1, 0.15) is 25.7 Å². The number of hydrogen-bond donors (Lipinski definition) is 2. The van der Waals surface area contributed by atoms with Crippen LogP contribution in [-0.2, 0) is 0 Å². The van der Waals surface area contributed by atoms with Crippen LogP contribution < -0.4 is 5.73 Å². The Kier molecular flexibility index (Phi) is 2.90. The summed E-state index contributed by atoms with van der Waals surface area (Å²) in [6, 6.07) is -0.00931. The van der Waals surface area contributed by atoms with Gasteiger partial charge in [-0.3, -0.25) is 0 Å². The molecular formula is C8H15NO. The van der Waals surface area contributed by atoms with Crippen LogP contribution in [0.25, 0.3) is 0 Å². The van der Waals surface area contributed by atoms with Gasteiger partial charge in [0.15, 0.2) is 0 Å². The molecule has 10 heavy (non-hydrogen) atoms. The zero-order chi connectivity index (χ0) is 7.40. The van der Waals surface area contributed by atoms with E-state index in [0.717, 1.165) is 25.7 Å². The topological polar surface area (TPSA) is 46.2 Å². The molecular weight excluding hydrogens is 126 g/mol. The fourth-order valence-electron chi connectivity index (χ4n) is 1.20. The molecule has 0 amide bonds. The zero-order valence-corrected chi connectivity index (χ0v) is 6.16. The molecule has 0 aliphatic heterocycles. The van der Waals surface area contributed by atoms with Gasteiger partial charge < -0.3 is 10.8 Å². The van der Waals surface area contributed by atoms with Crippen LogP contribution in [0.5, 0.6) is 0 Å². The van der Waals surface area contributed by atoms with Gasteiger partial charge in [0.1, 0.15) is 0 Å². The lowest BCUT2D eigenvalue weighted by Crippen LogP contribution is -2.34. The molecule has 0 unspecified atom stereocenters. The van der Waals surface area contributed by atoms with Crippen LogP contribution in [0, 0.1) is 0 Å². The molecule has 0 radical (unpaired) electrons. The molecule has 0 heterocycles. The summed E-state index contributed by atoms with van der Waals surface area (Å²) in [6.45, 7) is 0. The van der Waals surface area contributed by atoms with E-state index in [0.29, 0.717) is 0 Å². The first-order valence-corrected chi connectivity index (χ1v) is 3.89. The molecule has 1 rings (SSSR count). The van der Waals surface area contributed by atoms with Gasteiger partial charge in [-0.1, -0.05) is 12.2 Å². The molecule has 0 aromatic heterocycles. The molecule has 2 heteroatoms. The summed E-state index contributed by atoms with van der Waals surface area (Å²) in [5, 5.41) is 9.32. The number of rotatable bonds is 0. The third kappa shape index (κ3) is 2.12. The van der Waals surface area contributed by atoms with Crippen LogP contribution in [-0.4, -0.2) is 17.3 Å². The van der Waals surface area contributed by atoms with Gasteiger partial charge in [0.25, 0.3) is 0 Å². The van der Waals surface area contributed by atoms with Crippen LogP contribution in [0.15, 0.2) is 12.2 Å². The third-order valence-corrected chi connectivity index (χ3v) is 1.96. The van der Waals surface area contributed by atoms with E-state index in [1.807, 2.05) is 0 Å². The predicted molar refractivity (Wildman–Crippen MR) is 41.6 cm³/mol. The van der Waals surface area contributed by atoms with Crippen LogP contribution in [0.3, 0.4) is 0 Å². The molecule has 2 atom stereocenters. The molecule has 0 spiro atoms. The lowest BCUT2D eigenvalue weighted by molar-refractivity contribution is 0.131. The first kappa shape index (κ1) is 7.76. The third-order valence-electron chi connectivity index (χ3n) is 1.96. The molecule has 58 valence electrons. The average Bonchev–Trinajstić information content (AvgIpc) is 1.92. The fraction of sp³-hybridized carbons (Fsp3) is 0.750. The van der Waals surface area contributed by atoms with Gasteiger partial charge in [-0.05, 0) is 25.7 Å². The first-order valence-electron chi connectivity index (χ1n) is 3.89. The molecule has 0 aromatic rings. The highest BCUT2D eigenvalue weighted by Crippen LogP contribution is 2.10. The smallest absolute Gasteiger partial charge is 0.0694 e. The van der Waals surface area contributed by atoms with Crippen molar-refractivity contribution in [3.05, 3.63) is 12.2 Å². The highest BCUT2D eigenvalue weighted by atomic mass is 16.3.